The Hall–Kier alpha value is -3.50. The number of carboxylic acid groups (broad SMARTS) is 1. The maximum Gasteiger partial charge on any atom is 0.339 e. The molecule has 3 aromatic rings. The van der Waals surface area contributed by atoms with E-state index in [1.807, 2.05) is 0 Å². The standard InChI is InChI=1S/C18H14N2O5/c1-23-11-25-17-7-13(4-5-14(17)18(21)22)20-9-12(8-19)15(10-20)16-3-2-6-24-16/h2-7,9-10H,11H2,1H3,(H,21,22). The predicted molar refractivity (Wildman–Crippen MR) is 87.6 cm³/mol. The fourth-order valence-electron chi connectivity index (χ4n) is 2.41. The molecule has 0 amide bonds. The molecule has 0 fully saturated rings. The van der Waals surface area contributed by atoms with Gasteiger partial charge < -0.3 is 23.6 Å². The first-order valence-electron chi connectivity index (χ1n) is 7.29. The zero-order valence-electron chi connectivity index (χ0n) is 13.3. The minimum Gasteiger partial charge on any atom is -0.478 e. The third-order valence-corrected chi connectivity index (χ3v) is 3.56. The van der Waals surface area contributed by atoms with Gasteiger partial charge in [0.1, 0.15) is 23.1 Å². The maximum atomic E-state index is 11.3. The molecule has 7 heteroatoms. The lowest BCUT2D eigenvalue weighted by molar-refractivity contribution is 0.0483. The van der Waals surface area contributed by atoms with Crippen molar-refractivity contribution in [3.05, 3.63) is 60.1 Å². The summed E-state index contributed by atoms with van der Waals surface area (Å²) in [5.74, 6) is -0.342. The Kier molecular flexibility index (Phi) is 4.55. The van der Waals surface area contributed by atoms with Gasteiger partial charge in [0.25, 0.3) is 0 Å². The average molecular weight is 338 g/mol. The molecule has 7 nitrogen and oxygen atoms in total. The lowest BCUT2D eigenvalue weighted by Crippen LogP contribution is -2.06. The number of ether oxygens (including phenoxy) is 2. The van der Waals surface area contributed by atoms with E-state index in [1.54, 1.807) is 41.2 Å². The van der Waals surface area contributed by atoms with Crippen molar-refractivity contribution in [3.8, 4) is 28.8 Å². The number of carboxylic acids is 1. The van der Waals surface area contributed by atoms with Gasteiger partial charge in [0, 0.05) is 31.3 Å². The van der Waals surface area contributed by atoms with Gasteiger partial charge in [-0.3, -0.25) is 0 Å². The Morgan fingerprint density at radius 2 is 2.20 bits per heavy atom. The molecule has 0 saturated carbocycles. The number of hydrogen-bond donors (Lipinski definition) is 1. The van der Waals surface area contributed by atoms with Crippen molar-refractivity contribution in [1.29, 1.82) is 5.26 Å². The number of aromatic carboxylic acids is 1. The lowest BCUT2D eigenvalue weighted by atomic mass is 10.2. The molecule has 1 aromatic carbocycles. The topological polar surface area (TPSA) is 97.6 Å². The molecule has 25 heavy (non-hydrogen) atoms. The SMILES string of the molecule is COCOc1cc(-n2cc(C#N)c(-c3ccco3)c2)ccc1C(=O)O. The highest BCUT2D eigenvalue weighted by Gasteiger charge is 2.15. The van der Waals surface area contributed by atoms with E-state index in [2.05, 4.69) is 6.07 Å². The van der Waals surface area contributed by atoms with Gasteiger partial charge in [0.05, 0.1) is 17.4 Å². The Balaban J connectivity index is 2.05. The molecule has 3 rings (SSSR count). The normalized spacial score (nSPS) is 10.4. The minimum atomic E-state index is -1.10. The Morgan fingerprint density at radius 3 is 2.84 bits per heavy atom. The maximum absolute atomic E-state index is 11.3. The van der Waals surface area contributed by atoms with Crippen LogP contribution in [0.15, 0.2) is 53.4 Å². The second-order valence-corrected chi connectivity index (χ2v) is 5.12. The van der Waals surface area contributed by atoms with Crippen LogP contribution in [0.5, 0.6) is 5.75 Å². The Labute approximate surface area is 143 Å². The first kappa shape index (κ1) is 16.4. The number of carbonyl (C=O) groups is 1. The average Bonchev–Trinajstić information content (AvgIpc) is 3.28. The summed E-state index contributed by atoms with van der Waals surface area (Å²) < 4.78 is 17.2. The summed E-state index contributed by atoms with van der Waals surface area (Å²) in [6, 6.07) is 10.3. The van der Waals surface area contributed by atoms with Gasteiger partial charge in [0.2, 0.25) is 0 Å². The third kappa shape index (κ3) is 3.24. The van der Waals surface area contributed by atoms with Crippen LogP contribution < -0.4 is 4.74 Å². The molecule has 2 aromatic heterocycles. The molecule has 0 atom stereocenters. The van der Waals surface area contributed by atoms with Crippen LogP contribution in [0.25, 0.3) is 17.0 Å². The lowest BCUT2D eigenvalue weighted by Gasteiger charge is -2.11. The monoisotopic (exact) mass is 338 g/mol. The van der Waals surface area contributed by atoms with Crippen molar-refractivity contribution in [2.24, 2.45) is 0 Å². The van der Waals surface area contributed by atoms with E-state index in [-0.39, 0.29) is 18.1 Å². The van der Waals surface area contributed by atoms with Crippen molar-refractivity contribution >= 4 is 5.97 Å². The highest BCUT2D eigenvalue weighted by molar-refractivity contribution is 5.91. The summed E-state index contributed by atoms with van der Waals surface area (Å²) in [5, 5.41) is 18.6. The number of nitriles is 1. The van der Waals surface area contributed by atoms with Gasteiger partial charge in [-0.1, -0.05) is 0 Å². The van der Waals surface area contributed by atoms with Crippen molar-refractivity contribution in [2.45, 2.75) is 0 Å². The fraction of sp³-hybridized carbons (Fsp3) is 0.111. The first-order valence-corrected chi connectivity index (χ1v) is 7.29. The number of hydrogen-bond acceptors (Lipinski definition) is 5. The molecule has 126 valence electrons. The second kappa shape index (κ2) is 6.95. The van der Waals surface area contributed by atoms with Gasteiger partial charge >= 0.3 is 5.97 Å². The molecular formula is C18H14N2O5. The summed E-state index contributed by atoms with van der Waals surface area (Å²) in [7, 11) is 1.45. The highest BCUT2D eigenvalue weighted by Crippen LogP contribution is 2.29. The number of nitrogens with zero attached hydrogens (tertiary/aromatic N) is 2. The number of methoxy groups -OCH3 is 1. The van der Waals surface area contributed by atoms with Gasteiger partial charge in [-0.15, -0.1) is 0 Å². The molecule has 0 radical (unpaired) electrons. The minimum absolute atomic E-state index is 0.0275. The van der Waals surface area contributed by atoms with E-state index < -0.39 is 5.97 Å². The highest BCUT2D eigenvalue weighted by atomic mass is 16.7. The van der Waals surface area contributed by atoms with Crippen LogP contribution in [-0.4, -0.2) is 29.5 Å². The number of rotatable bonds is 6. The van der Waals surface area contributed by atoms with Crippen LogP contribution in [-0.2, 0) is 4.74 Å². The number of aromatic nitrogens is 1. The zero-order valence-corrected chi connectivity index (χ0v) is 13.3. The van der Waals surface area contributed by atoms with Crippen molar-refractivity contribution in [1.82, 2.24) is 4.57 Å². The van der Waals surface area contributed by atoms with E-state index in [4.69, 9.17) is 13.9 Å². The van der Waals surface area contributed by atoms with Crippen LogP contribution in [0.2, 0.25) is 0 Å². The molecule has 1 N–H and O–H groups in total. The summed E-state index contributed by atoms with van der Waals surface area (Å²) in [6.07, 6.45) is 4.92. The second-order valence-electron chi connectivity index (χ2n) is 5.12. The van der Waals surface area contributed by atoms with E-state index in [1.165, 1.54) is 19.4 Å². The Bertz CT molecular complexity index is 935. The molecule has 0 aliphatic carbocycles. The van der Waals surface area contributed by atoms with Crippen molar-refractivity contribution in [2.75, 3.05) is 13.9 Å². The van der Waals surface area contributed by atoms with E-state index in [0.717, 1.165) is 0 Å². The van der Waals surface area contributed by atoms with E-state index >= 15 is 0 Å². The van der Waals surface area contributed by atoms with E-state index in [9.17, 15) is 15.2 Å². The zero-order chi connectivity index (χ0) is 17.8. The van der Waals surface area contributed by atoms with Gasteiger partial charge in [-0.25, -0.2) is 4.79 Å². The van der Waals surface area contributed by atoms with Crippen LogP contribution >= 0.6 is 0 Å². The van der Waals surface area contributed by atoms with Crippen LogP contribution in [0.1, 0.15) is 15.9 Å². The molecule has 0 spiro atoms. The van der Waals surface area contributed by atoms with Crippen molar-refractivity contribution < 1.29 is 23.8 Å². The van der Waals surface area contributed by atoms with Gasteiger partial charge in [0.15, 0.2) is 6.79 Å². The fourth-order valence-corrected chi connectivity index (χ4v) is 2.41. The molecule has 2 heterocycles. The van der Waals surface area contributed by atoms with Crippen LogP contribution in [0.4, 0.5) is 0 Å². The molecule has 0 aliphatic rings. The summed E-state index contributed by atoms with van der Waals surface area (Å²) >= 11 is 0. The van der Waals surface area contributed by atoms with Crippen LogP contribution in [0, 0.1) is 11.3 Å². The summed E-state index contributed by atoms with van der Waals surface area (Å²) in [6.45, 7) is -0.0729. The largest absolute Gasteiger partial charge is 0.478 e. The molecule has 0 aliphatic heterocycles. The molecular weight excluding hydrogens is 324 g/mol. The summed E-state index contributed by atoms with van der Waals surface area (Å²) in [5.41, 5.74) is 1.76. The molecule has 0 bridgehead atoms. The van der Waals surface area contributed by atoms with Crippen molar-refractivity contribution in [3.63, 3.8) is 0 Å². The summed E-state index contributed by atoms with van der Waals surface area (Å²) in [4.78, 5) is 11.3. The number of furan rings is 1. The van der Waals surface area contributed by atoms with E-state index in [0.29, 0.717) is 22.6 Å². The quantitative estimate of drug-likeness (QED) is 0.693. The van der Waals surface area contributed by atoms with Crippen LogP contribution in [0.3, 0.4) is 0 Å². The first-order chi connectivity index (χ1) is 12.1. The van der Waals surface area contributed by atoms with Gasteiger partial charge in [-0.05, 0) is 24.3 Å². The number of benzene rings is 1. The predicted octanol–water partition coefficient (Wildman–Crippen LogP) is 3.29. The molecule has 0 saturated heterocycles. The molecule has 0 unspecified atom stereocenters. The third-order valence-electron chi connectivity index (χ3n) is 3.56. The Morgan fingerprint density at radius 1 is 1.36 bits per heavy atom. The smallest absolute Gasteiger partial charge is 0.339 e. The van der Waals surface area contributed by atoms with Gasteiger partial charge in [-0.2, -0.15) is 5.26 Å².